The number of nitrogens with two attached hydrogens (primary N) is 1. The van der Waals surface area contributed by atoms with E-state index in [1.807, 2.05) is 0 Å². The Morgan fingerprint density at radius 1 is 1.10 bits per heavy atom. The number of benzene rings is 2. The molecule has 2 rings (SSSR count). The van der Waals surface area contributed by atoms with E-state index < -0.39 is 23.5 Å². The molecule has 0 amide bonds. The third kappa shape index (κ3) is 2.61. The van der Waals surface area contributed by atoms with Crippen LogP contribution in [0.2, 0.25) is 0 Å². The van der Waals surface area contributed by atoms with E-state index in [2.05, 4.69) is 5.43 Å². The Hall–Kier alpha value is -2.05. The van der Waals surface area contributed by atoms with E-state index in [1.165, 1.54) is 25.3 Å². The SMILES string of the molecule is COc1cccc(C(NN)c2ccc(F)c(F)c2)c1F. The molecule has 3 nitrogen and oxygen atoms in total. The minimum Gasteiger partial charge on any atom is -0.494 e. The van der Waals surface area contributed by atoms with Gasteiger partial charge in [-0.2, -0.15) is 0 Å². The van der Waals surface area contributed by atoms with Crippen molar-refractivity contribution < 1.29 is 17.9 Å². The maximum Gasteiger partial charge on any atom is 0.170 e. The number of halogens is 3. The highest BCUT2D eigenvalue weighted by Crippen LogP contribution is 2.29. The Balaban J connectivity index is 2.49. The van der Waals surface area contributed by atoms with E-state index in [-0.39, 0.29) is 11.3 Å². The summed E-state index contributed by atoms with van der Waals surface area (Å²) < 4.78 is 45.3. The molecule has 0 heterocycles. The van der Waals surface area contributed by atoms with Gasteiger partial charge in [0.1, 0.15) is 0 Å². The van der Waals surface area contributed by atoms with E-state index in [9.17, 15) is 13.2 Å². The highest BCUT2D eigenvalue weighted by molar-refractivity contribution is 5.38. The van der Waals surface area contributed by atoms with Gasteiger partial charge >= 0.3 is 0 Å². The summed E-state index contributed by atoms with van der Waals surface area (Å²) in [7, 11) is 1.34. The second-order valence-corrected chi connectivity index (χ2v) is 4.14. The first kappa shape index (κ1) is 14.4. The summed E-state index contributed by atoms with van der Waals surface area (Å²) in [5, 5.41) is 0. The van der Waals surface area contributed by atoms with Gasteiger partial charge in [0.15, 0.2) is 23.2 Å². The van der Waals surface area contributed by atoms with Gasteiger partial charge in [0, 0.05) is 5.56 Å². The first-order chi connectivity index (χ1) is 9.58. The van der Waals surface area contributed by atoms with Gasteiger partial charge < -0.3 is 4.74 Å². The van der Waals surface area contributed by atoms with Crippen molar-refractivity contribution in [1.82, 2.24) is 5.43 Å². The van der Waals surface area contributed by atoms with E-state index in [0.29, 0.717) is 5.56 Å². The predicted octanol–water partition coefficient (Wildman–Crippen LogP) is 2.67. The minimum atomic E-state index is -1.02. The molecule has 0 radical (unpaired) electrons. The zero-order chi connectivity index (χ0) is 14.7. The topological polar surface area (TPSA) is 47.3 Å². The standard InChI is InChI=1S/C14H13F3N2O/c1-20-12-4-2-3-9(13(12)17)14(19-18)8-5-6-10(15)11(16)7-8/h2-7,14,19H,18H2,1H3. The van der Waals surface area contributed by atoms with Gasteiger partial charge in [0.05, 0.1) is 13.2 Å². The highest BCUT2D eigenvalue weighted by Gasteiger charge is 2.20. The van der Waals surface area contributed by atoms with Crippen molar-refractivity contribution in [2.45, 2.75) is 6.04 Å². The third-order valence-corrected chi connectivity index (χ3v) is 2.97. The van der Waals surface area contributed by atoms with Crippen LogP contribution in [-0.4, -0.2) is 7.11 Å². The monoisotopic (exact) mass is 282 g/mol. The summed E-state index contributed by atoms with van der Waals surface area (Å²) in [6.45, 7) is 0. The highest BCUT2D eigenvalue weighted by atomic mass is 19.2. The number of methoxy groups -OCH3 is 1. The van der Waals surface area contributed by atoms with E-state index in [4.69, 9.17) is 10.6 Å². The summed E-state index contributed by atoms with van der Waals surface area (Å²) in [6.07, 6.45) is 0. The average molecular weight is 282 g/mol. The predicted molar refractivity (Wildman–Crippen MR) is 68.5 cm³/mol. The summed E-state index contributed by atoms with van der Waals surface area (Å²) in [5.41, 5.74) is 2.87. The fourth-order valence-corrected chi connectivity index (χ4v) is 1.97. The molecule has 6 heteroatoms. The van der Waals surface area contributed by atoms with Gasteiger partial charge in [-0.25, -0.2) is 18.6 Å². The number of ether oxygens (including phenoxy) is 1. The molecule has 1 atom stereocenters. The van der Waals surface area contributed by atoms with Crippen molar-refractivity contribution in [3.63, 3.8) is 0 Å². The lowest BCUT2D eigenvalue weighted by molar-refractivity contribution is 0.381. The lowest BCUT2D eigenvalue weighted by Gasteiger charge is -2.18. The fraction of sp³-hybridized carbons (Fsp3) is 0.143. The van der Waals surface area contributed by atoms with Crippen molar-refractivity contribution in [2.24, 2.45) is 5.84 Å². The molecule has 0 aliphatic heterocycles. The molecule has 0 aliphatic rings. The Morgan fingerprint density at radius 3 is 2.45 bits per heavy atom. The normalized spacial score (nSPS) is 12.2. The minimum absolute atomic E-state index is 0.0466. The van der Waals surface area contributed by atoms with Gasteiger partial charge in [0.2, 0.25) is 0 Å². The van der Waals surface area contributed by atoms with Crippen LogP contribution in [0.15, 0.2) is 36.4 Å². The molecule has 0 saturated heterocycles. The molecular formula is C14H13F3N2O. The van der Waals surface area contributed by atoms with Crippen molar-refractivity contribution >= 4 is 0 Å². The molecule has 0 fully saturated rings. The van der Waals surface area contributed by atoms with E-state index in [1.54, 1.807) is 6.07 Å². The molecule has 1 unspecified atom stereocenters. The molecule has 20 heavy (non-hydrogen) atoms. The Labute approximate surface area is 114 Å². The lowest BCUT2D eigenvalue weighted by Crippen LogP contribution is -2.29. The van der Waals surface area contributed by atoms with Crippen LogP contribution in [0.3, 0.4) is 0 Å². The first-order valence-corrected chi connectivity index (χ1v) is 5.82. The van der Waals surface area contributed by atoms with Crippen LogP contribution >= 0.6 is 0 Å². The average Bonchev–Trinajstić information content (AvgIpc) is 2.45. The fourth-order valence-electron chi connectivity index (χ4n) is 1.97. The number of rotatable bonds is 4. The van der Waals surface area contributed by atoms with Crippen LogP contribution in [0.25, 0.3) is 0 Å². The van der Waals surface area contributed by atoms with Crippen molar-refractivity contribution in [1.29, 1.82) is 0 Å². The summed E-state index contributed by atoms with van der Waals surface area (Å²) >= 11 is 0. The van der Waals surface area contributed by atoms with Gasteiger partial charge in [-0.15, -0.1) is 0 Å². The van der Waals surface area contributed by atoms with Gasteiger partial charge in [-0.3, -0.25) is 5.84 Å². The zero-order valence-electron chi connectivity index (χ0n) is 10.7. The molecule has 2 aromatic rings. The Kier molecular flexibility index (Phi) is 4.26. The van der Waals surface area contributed by atoms with Gasteiger partial charge in [-0.1, -0.05) is 18.2 Å². The molecule has 3 N–H and O–H groups in total. The quantitative estimate of drug-likeness (QED) is 0.669. The molecular weight excluding hydrogens is 269 g/mol. The third-order valence-electron chi connectivity index (χ3n) is 2.97. The Morgan fingerprint density at radius 2 is 1.85 bits per heavy atom. The van der Waals surface area contributed by atoms with Gasteiger partial charge in [0.25, 0.3) is 0 Å². The first-order valence-electron chi connectivity index (χ1n) is 5.82. The number of hydrogen-bond donors (Lipinski definition) is 2. The van der Waals surface area contributed by atoms with Crippen LogP contribution in [0.1, 0.15) is 17.2 Å². The molecule has 2 aromatic carbocycles. The van der Waals surface area contributed by atoms with Crippen LogP contribution in [-0.2, 0) is 0 Å². The zero-order valence-corrected chi connectivity index (χ0v) is 10.7. The molecule has 0 spiro atoms. The summed E-state index contributed by atoms with van der Waals surface area (Å²) in [5.74, 6) is 2.85. The molecule has 0 aromatic heterocycles. The maximum atomic E-state index is 14.2. The van der Waals surface area contributed by atoms with E-state index >= 15 is 0 Å². The second kappa shape index (κ2) is 5.94. The molecule has 0 aliphatic carbocycles. The molecule has 106 valence electrons. The van der Waals surface area contributed by atoms with Crippen molar-refractivity contribution in [3.8, 4) is 5.75 Å². The number of nitrogens with one attached hydrogen (secondary N) is 1. The smallest absolute Gasteiger partial charge is 0.170 e. The van der Waals surface area contributed by atoms with E-state index in [0.717, 1.165) is 12.1 Å². The largest absolute Gasteiger partial charge is 0.494 e. The van der Waals surface area contributed by atoms with Crippen molar-refractivity contribution in [2.75, 3.05) is 7.11 Å². The Bertz CT molecular complexity index is 619. The van der Waals surface area contributed by atoms with Crippen LogP contribution < -0.4 is 16.0 Å². The molecule has 0 saturated carbocycles. The molecule has 0 bridgehead atoms. The summed E-state index contributed by atoms with van der Waals surface area (Å²) in [6, 6.07) is 6.98. The van der Waals surface area contributed by atoms with Crippen molar-refractivity contribution in [3.05, 3.63) is 65.0 Å². The maximum absolute atomic E-state index is 14.2. The van der Waals surface area contributed by atoms with Crippen LogP contribution in [0, 0.1) is 17.5 Å². The number of hydrazine groups is 1. The lowest BCUT2D eigenvalue weighted by atomic mass is 9.98. The van der Waals surface area contributed by atoms with Gasteiger partial charge in [-0.05, 0) is 23.8 Å². The van der Waals surface area contributed by atoms with Crippen LogP contribution in [0.4, 0.5) is 13.2 Å². The number of hydrogen-bond acceptors (Lipinski definition) is 3. The second-order valence-electron chi connectivity index (χ2n) is 4.14. The summed E-state index contributed by atoms with van der Waals surface area (Å²) in [4.78, 5) is 0. The van der Waals surface area contributed by atoms with Crippen LogP contribution in [0.5, 0.6) is 5.75 Å².